The lowest BCUT2D eigenvalue weighted by Gasteiger charge is -2.16. The van der Waals surface area contributed by atoms with Crippen molar-refractivity contribution < 1.29 is 18.7 Å². The lowest BCUT2D eigenvalue weighted by Crippen LogP contribution is -2.03. The summed E-state index contributed by atoms with van der Waals surface area (Å²) in [7, 11) is 0. The Balaban J connectivity index is 1.87. The van der Waals surface area contributed by atoms with E-state index in [9.17, 15) is 18.7 Å². The molecule has 0 saturated carbocycles. The highest BCUT2D eigenvalue weighted by atomic mass is 32.1. The molecule has 0 amide bonds. The molecule has 0 aliphatic heterocycles. The van der Waals surface area contributed by atoms with Crippen molar-refractivity contribution >= 4 is 17.3 Å². The second-order valence-electron chi connectivity index (χ2n) is 7.12. The third-order valence-corrected chi connectivity index (χ3v) is 6.09. The molecule has 4 rings (SSSR count). The van der Waals surface area contributed by atoms with Gasteiger partial charge in [-0.05, 0) is 47.5 Å². The minimum Gasteiger partial charge on any atom is -0.481 e. The molecule has 1 N–H and O–H groups in total. The summed E-state index contributed by atoms with van der Waals surface area (Å²) in [6.07, 6.45) is -0.216. The van der Waals surface area contributed by atoms with Crippen LogP contribution in [0.1, 0.15) is 32.5 Å². The van der Waals surface area contributed by atoms with Gasteiger partial charge in [-0.15, -0.1) is 11.3 Å². The van der Waals surface area contributed by atoms with Crippen LogP contribution in [0.2, 0.25) is 0 Å². The summed E-state index contributed by atoms with van der Waals surface area (Å²) in [6, 6.07) is 20.8. The highest BCUT2D eigenvalue weighted by molar-refractivity contribution is 7.12. The van der Waals surface area contributed by atoms with Crippen LogP contribution < -0.4 is 0 Å². The van der Waals surface area contributed by atoms with E-state index >= 15 is 0 Å². The number of thiazole rings is 1. The maximum Gasteiger partial charge on any atom is 0.308 e. The number of nitriles is 1. The Morgan fingerprint density at radius 3 is 1.94 bits per heavy atom. The molecule has 7 heteroatoms. The Labute approximate surface area is 187 Å². The van der Waals surface area contributed by atoms with Crippen LogP contribution >= 0.6 is 11.3 Å². The topological polar surface area (TPSA) is 74.0 Å². The highest BCUT2D eigenvalue weighted by Gasteiger charge is 2.24. The molecule has 0 radical (unpaired) electrons. The first-order valence-electron chi connectivity index (χ1n) is 9.67. The summed E-state index contributed by atoms with van der Waals surface area (Å²) >= 11 is 1.25. The summed E-state index contributed by atoms with van der Waals surface area (Å²) < 4.78 is 27.1. The Hall–Kier alpha value is -3.89. The number of halogens is 2. The normalized spacial score (nSPS) is 10.8. The third kappa shape index (κ3) is 4.56. The van der Waals surface area contributed by atoms with Crippen LogP contribution in [0.25, 0.3) is 11.3 Å². The van der Waals surface area contributed by atoms with Gasteiger partial charge in [0.05, 0.1) is 29.7 Å². The number of carbonyl (C=O) groups is 1. The Morgan fingerprint density at radius 1 is 0.938 bits per heavy atom. The molecule has 158 valence electrons. The van der Waals surface area contributed by atoms with E-state index in [-0.39, 0.29) is 18.1 Å². The molecular formula is C25H16F2N2O2S. The summed E-state index contributed by atoms with van der Waals surface area (Å²) in [6.45, 7) is 0. The van der Waals surface area contributed by atoms with Crippen molar-refractivity contribution in [3.63, 3.8) is 0 Å². The quantitative estimate of drug-likeness (QED) is 0.408. The first kappa shape index (κ1) is 21.3. The van der Waals surface area contributed by atoms with Crippen LogP contribution in [-0.2, 0) is 11.2 Å². The van der Waals surface area contributed by atoms with Gasteiger partial charge in [-0.3, -0.25) is 4.79 Å². The van der Waals surface area contributed by atoms with Crippen LogP contribution in [0.15, 0.2) is 72.8 Å². The second kappa shape index (κ2) is 9.08. The molecule has 1 heterocycles. The Bertz CT molecular complexity index is 1250. The van der Waals surface area contributed by atoms with Crippen molar-refractivity contribution in [2.75, 3.05) is 0 Å². The average molecular weight is 446 g/mol. The fraction of sp³-hybridized carbons (Fsp3) is 0.0800. The van der Waals surface area contributed by atoms with Crippen molar-refractivity contribution in [1.82, 2.24) is 4.98 Å². The van der Waals surface area contributed by atoms with Gasteiger partial charge < -0.3 is 5.11 Å². The highest BCUT2D eigenvalue weighted by Crippen LogP contribution is 2.39. The van der Waals surface area contributed by atoms with Crippen molar-refractivity contribution in [2.24, 2.45) is 0 Å². The van der Waals surface area contributed by atoms with Gasteiger partial charge in [0.15, 0.2) is 0 Å². The number of carboxylic acid groups (broad SMARTS) is 1. The van der Waals surface area contributed by atoms with Gasteiger partial charge in [-0.25, -0.2) is 13.8 Å². The van der Waals surface area contributed by atoms with E-state index in [0.717, 1.165) is 11.1 Å². The van der Waals surface area contributed by atoms with Crippen LogP contribution in [0.3, 0.4) is 0 Å². The van der Waals surface area contributed by atoms with Gasteiger partial charge in [-0.2, -0.15) is 5.26 Å². The van der Waals surface area contributed by atoms with Crippen molar-refractivity contribution in [2.45, 2.75) is 12.3 Å². The number of aliphatic carboxylic acids is 1. The standard InChI is InChI=1S/C25H16F2N2O2S/c26-19-9-5-16(6-10-19)23(17-7-11-20(27)12-8-17)25-29-24(21(32-25)13-22(30)31)18-3-1-15(14-28)2-4-18/h1-12,23H,13H2,(H,30,31). The van der Waals surface area contributed by atoms with Crippen LogP contribution in [0.4, 0.5) is 8.78 Å². The van der Waals surface area contributed by atoms with Crippen molar-refractivity contribution in [3.05, 3.63) is 111 Å². The molecule has 0 unspecified atom stereocenters. The molecule has 0 aliphatic carbocycles. The van der Waals surface area contributed by atoms with Crippen LogP contribution in [-0.4, -0.2) is 16.1 Å². The van der Waals surface area contributed by atoms with Gasteiger partial charge in [0, 0.05) is 10.4 Å². The lowest BCUT2D eigenvalue weighted by molar-refractivity contribution is -0.136. The van der Waals surface area contributed by atoms with E-state index < -0.39 is 11.9 Å². The van der Waals surface area contributed by atoms with Gasteiger partial charge in [0.25, 0.3) is 0 Å². The number of aromatic nitrogens is 1. The number of rotatable bonds is 6. The Morgan fingerprint density at radius 2 is 1.47 bits per heavy atom. The van der Waals surface area contributed by atoms with E-state index in [0.29, 0.717) is 26.7 Å². The second-order valence-corrected chi connectivity index (χ2v) is 8.23. The summed E-state index contributed by atoms with van der Waals surface area (Å²) in [5.74, 6) is -2.18. The van der Waals surface area contributed by atoms with Crippen LogP contribution in [0, 0.1) is 23.0 Å². The first-order chi connectivity index (χ1) is 15.4. The Kier molecular flexibility index (Phi) is 6.06. The molecule has 32 heavy (non-hydrogen) atoms. The van der Waals surface area contributed by atoms with Crippen LogP contribution in [0.5, 0.6) is 0 Å². The first-order valence-corrected chi connectivity index (χ1v) is 10.5. The zero-order chi connectivity index (χ0) is 22.7. The molecular weight excluding hydrogens is 430 g/mol. The maximum atomic E-state index is 13.6. The fourth-order valence-corrected chi connectivity index (χ4v) is 4.70. The van der Waals surface area contributed by atoms with Gasteiger partial charge in [0.2, 0.25) is 0 Å². The minimum absolute atomic E-state index is 0.216. The fourth-order valence-electron chi connectivity index (χ4n) is 3.47. The molecule has 1 aromatic heterocycles. The van der Waals surface area contributed by atoms with Gasteiger partial charge in [0.1, 0.15) is 16.6 Å². The van der Waals surface area contributed by atoms with E-state index in [1.165, 1.54) is 35.6 Å². The predicted molar refractivity (Wildman–Crippen MR) is 117 cm³/mol. The molecule has 0 bridgehead atoms. The number of carboxylic acids is 1. The molecule has 4 aromatic rings. The van der Waals surface area contributed by atoms with Gasteiger partial charge in [-0.1, -0.05) is 36.4 Å². The maximum absolute atomic E-state index is 13.6. The number of hydrogen-bond donors (Lipinski definition) is 1. The minimum atomic E-state index is -0.991. The molecule has 0 fully saturated rings. The van der Waals surface area contributed by atoms with Crippen molar-refractivity contribution in [1.29, 1.82) is 5.26 Å². The van der Waals surface area contributed by atoms with E-state index in [1.807, 2.05) is 0 Å². The molecule has 0 saturated heterocycles. The molecule has 4 nitrogen and oxygen atoms in total. The molecule has 0 aliphatic rings. The zero-order valence-electron chi connectivity index (χ0n) is 16.6. The number of benzene rings is 3. The van der Waals surface area contributed by atoms with Crippen molar-refractivity contribution in [3.8, 4) is 17.3 Å². The summed E-state index contributed by atoms with van der Waals surface area (Å²) in [5.41, 5.74) is 3.20. The molecule has 3 aromatic carbocycles. The third-order valence-electron chi connectivity index (χ3n) is 4.97. The number of nitrogens with zero attached hydrogens (tertiary/aromatic N) is 2. The SMILES string of the molecule is N#Cc1ccc(-c2nc(C(c3ccc(F)cc3)c3ccc(F)cc3)sc2CC(=O)O)cc1. The smallest absolute Gasteiger partial charge is 0.308 e. The molecule has 0 spiro atoms. The average Bonchev–Trinajstić information content (AvgIpc) is 3.19. The monoisotopic (exact) mass is 446 g/mol. The van der Waals surface area contributed by atoms with E-state index in [4.69, 9.17) is 10.2 Å². The zero-order valence-corrected chi connectivity index (χ0v) is 17.4. The van der Waals surface area contributed by atoms with E-state index in [1.54, 1.807) is 48.5 Å². The summed E-state index contributed by atoms with van der Waals surface area (Å²) in [5, 5.41) is 19.1. The van der Waals surface area contributed by atoms with E-state index in [2.05, 4.69) is 6.07 Å². The summed E-state index contributed by atoms with van der Waals surface area (Å²) in [4.78, 5) is 16.8. The largest absolute Gasteiger partial charge is 0.481 e. The van der Waals surface area contributed by atoms with Gasteiger partial charge >= 0.3 is 5.97 Å². The molecule has 0 atom stereocenters. The predicted octanol–water partition coefficient (Wildman–Crippen LogP) is 5.77. The lowest BCUT2D eigenvalue weighted by atomic mass is 9.91. The number of hydrogen-bond acceptors (Lipinski definition) is 4.